The van der Waals surface area contributed by atoms with Crippen LogP contribution >= 0.6 is 0 Å². The molecular formula is C26H36N2O2. The van der Waals surface area contributed by atoms with Gasteiger partial charge in [-0.3, -0.25) is 4.79 Å². The molecule has 1 heterocycles. The van der Waals surface area contributed by atoms with Gasteiger partial charge in [0.05, 0.1) is 0 Å². The molecule has 4 nitrogen and oxygen atoms in total. The van der Waals surface area contributed by atoms with Crippen molar-refractivity contribution in [3.05, 3.63) is 41.7 Å². The first-order chi connectivity index (χ1) is 14.7. The average Bonchev–Trinajstić information content (AvgIpc) is 2.78. The Labute approximate surface area is 181 Å². The molecule has 0 saturated carbocycles. The SMILES string of the molecule is CCCCCCCCCC1CCc2nc(-c3ccc(OC(=O)CC)cc3)ncc2C1. The van der Waals surface area contributed by atoms with Crippen LogP contribution in [0, 0.1) is 5.92 Å². The van der Waals surface area contributed by atoms with Crippen LogP contribution in [0.4, 0.5) is 0 Å². The van der Waals surface area contributed by atoms with E-state index in [2.05, 4.69) is 11.9 Å². The van der Waals surface area contributed by atoms with Gasteiger partial charge in [0.2, 0.25) is 0 Å². The van der Waals surface area contributed by atoms with E-state index in [4.69, 9.17) is 9.72 Å². The predicted molar refractivity (Wildman–Crippen MR) is 122 cm³/mol. The monoisotopic (exact) mass is 408 g/mol. The number of aromatic nitrogens is 2. The van der Waals surface area contributed by atoms with Gasteiger partial charge in [-0.25, -0.2) is 9.97 Å². The average molecular weight is 409 g/mol. The molecule has 1 aromatic heterocycles. The molecule has 0 spiro atoms. The summed E-state index contributed by atoms with van der Waals surface area (Å²) in [5.74, 6) is 1.89. The van der Waals surface area contributed by atoms with Crippen molar-refractivity contribution < 1.29 is 9.53 Å². The fraction of sp³-hybridized carbons (Fsp3) is 0.577. The van der Waals surface area contributed by atoms with Gasteiger partial charge >= 0.3 is 5.97 Å². The fourth-order valence-corrected chi connectivity index (χ4v) is 4.23. The van der Waals surface area contributed by atoms with E-state index in [0.717, 1.165) is 30.1 Å². The number of carbonyl (C=O) groups is 1. The zero-order valence-corrected chi connectivity index (χ0v) is 18.7. The smallest absolute Gasteiger partial charge is 0.310 e. The van der Waals surface area contributed by atoms with E-state index >= 15 is 0 Å². The summed E-state index contributed by atoms with van der Waals surface area (Å²) in [5, 5.41) is 0. The van der Waals surface area contributed by atoms with Gasteiger partial charge in [0.25, 0.3) is 0 Å². The maximum Gasteiger partial charge on any atom is 0.310 e. The highest BCUT2D eigenvalue weighted by molar-refractivity contribution is 5.72. The van der Waals surface area contributed by atoms with Crippen molar-refractivity contribution in [2.75, 3.05) is 0 Å². The molecule has 1 aromatic carbocycles. The lowest BCUT2D eigenvalue weighted by atomic mass is 9.84. The van der Waals surface area contributed by atoms with Gasteiger partial charge in [-0.05, 0) is 55.0 Å². The highest BCUT2D eigenvalue weighted by Crippen LogP contribution is 2.29. The molecule has 2 aromatic rings. The molecule has 0 radical (unpaired) electrons. The number of unbranched alkanes of at least 4 members (excludes halogenated alkanes) is 6. The van der Waals surface area contributed by atoms with Gasteiger partial charge in [0, 0.05) is 23.9 Å². The number of carbonyl (C=O) groups excluding carboxylic acids is 1. The molecular weight excluding hydrogens is 372 g/mol. The second-order valence-electron chi connectivity index (χ2n) is 8.54. The van der Waals surface area contributed by atoms with Gasteiger partial charge in [-0.15, -0.1) is 0 Å². The van der Waals surface area contributed by atoms with Crippen LogP contribution in [0.25, 0.3) is 11.4 Å². The highest BCUT2D eigenvalue weighted by Gasteiger charge is 2.20. The summed E-state index contributed by atoms with van der Waals surface area (Å²) in [5.41, 5.74) is 3.49. The zero-order valence-electron chi connectivity index (χ0n) is 18.7. The Hall–Kier alpha value is -2.23. The Balaban J connectivity index is 1.49. The third kappa shape index (κ3) is 6.65. The Morgan fingerprint density at radius 3 is 2.50 bits per heavy atom. The molecule has 0 saturated heterocycles. The van der Waals surface area contributed by atoms with Gasteiger partial charge in [0.15, 0.2) is 5.82 Å². The first kappa shape index (κ1) is 22.5. The summed E-state index contributed by atoms with van der Waals surface area (Å²) in [7, 11) is 0. The molecule has 162 valence electrons. The van der Waals surface area contributed by atoms with Crippen LogP contribution < -0.4 is 4.74 Å². The molecule has 0 fully saturated rings. The minimum absolute atomic E-state index is 0.223. The number of benzene rings is 1. The van der Waals surface area contributed by atoms with Crippen molar-refractivity contribution in [3.8, 4) is 17.1 Å². The van der Waals surface area contributed by atoms with Gasteiger partial charge in [-0.2, -0.15) is 0 Å². The van der Waals surface area contributed by atoms with Crippen LogP contribution in [0.2, 0.25) is 0 Å². The normalized spacial score (nSPS) is 15.6. The summed E-state index contributed by atoms with van der Waals surface area (Å²) >= 11 is 0. The van der Waals surface area contributed by atoms with Crippen molar-refractivity contribution >= 4 is 5.97 Å². The van der Waals surface area contributed by atoms with Gasteiger partial charge in [-0.1, -0.05) is 65.2 Å². The van der Waals surface area contributed by atoms with Crippen LogP contribution in [0.15, 0.2) is 30.5 Å². The minimum Gasteiger partial charge on any atom is -0.427 e. The van der Waals surface area contributed by atoms with Gasteiger partial charge in [0.1, 0.15) is 5.75 Å². The number of hydrogen-bond acceptors (Lipinski definition) is 4. The van der Waals surface area contributed by atoms with Crippen LogP contribution in [-0.2, 0) is 17.6 Å². The second-order valence-corrected chi connectivity index (χ2v) is 8.54. The van der Waals surface area contributed by atoms with Crippen molar-refractivity contribution in [1.29, 1.82) is 0 Å². The summed E-state index contributed by atoms with van der Waals surface area (Å²) < 4.78 is 5.24. The van der Waals surface area contributed by atoms with E-state index in [1.54, 1.807) is 6.92 Å². The molecule has 4 heteroatoms. The van der Waals surface area contributed by atoms with E-state index < -0.39 is 0 Å². The van der Waals surface area contributed by atoms with Crippen LogP contribution in [0.1, 0.15) is 89.3 Å². The first-order valence-electron chi connectivity index (χ1n) is 11.9. The molecule has 0 bridgehead atoms. The van der Waals surface area contributed by atoms with Crippen LogP contribution in [0.3, 0.4) is 0 Å². The second kappa shape index (κ2) is 11.8. The predicted octanol–water partition coefficient (Wildman–Crippen LogP) is 6.70. The van der Waals surface area contributed by atoms with E-state index in [9.17, 15) is 4.79 Å². The molecule has 1 aliphatic rings. The van der Waals surface area contributed by atoms with Crippen molar-refractivity contribution in [2.45, 2.75) is 90.9 Å². The third-order valence-corrected chi connectivity index (χ3v) is 6.10. The number of fused-ring (bicyclic) bond motifs is 1. The Kier molecular flexibility index (Phi) is 8.85. The molecule has 1 aliphatic carbocycles. The molecule has 0 N–H and O–H groups in total. The quantitative estimate of drug-likeness (QED) is 0.236. The Bertz CT molecular complexity index is 801. The van der Waals surface area contributed by atoms with E-state index in [1.807, 2.05) is 30.5 Å². The van der Waals surface area contributed by atoms with Gasteiger partial charge < -0.3 is 4.74 Å². The molecule has 0 aliphatic heterocycles. The largest absolute Gasteiger partial charge is 0.427 e. The molecule has 1 unspecified atom stereocenters. The molecule has 3 rings (SSSR count). The lowest BCUT2D eigenvalue weighted by molar-refractivity contribution is -0.134. The van der Waals surface area contributed by atoms with E-state index in [0.29, 0.717) is 12.2 Å². The lowest BCUT2D eigenvalue weighted by Crippen LogP contribution is -2.16. The Morgan fingerprint density at radius 1 is 1.03 bits per heavy atom. The molecule has 30 heavy (non-hydrogen) atoms. The topological polar surface area (TPSA) is 52.1 Å². The maximum absolute atomic E-state index is 11.4. The number of hydrogen-bond donors (Lipinski definition) is 0. The minimum atomic E-state index is -0.223. The van der Waals surface area contributed by atoms with Crippen LogP contribution in [-0.4, -0.2) is 15.9 Å². The summed E-state index contributed by atoms with van der Waals surface area (Å²) in [6.45, 7) is 4.06. The summed E-state index contributed by atoms with van der Waals surface area (Å²) in [4.78, 5) is 20.9. The summed E-state index contributed by atoms with van der Waals surface area (Å²) in [6.07, 6.45) is 16.8. The standard InChI is InChI=1S/C26H36N2O2/c1-3-5-6-7-8-9-10-11-20-12-17-24-22(18-20)19-27-26(28-24)21-13-15-23(16-14-21)30-25(29)4-2/h13-16,19-20H,3-12,17-18H2,1-2H3. The highest BCUT2D eigenvalue weighted by atomic mass is 16.5. The number of aryl methyl sites for hydroxylation is 1. The number of ether oxygens (including phenoxy) is 1. The van der Waals surface area contributed by atoms with E-state index in [1.165, 1.54) is 69.0 Å². The van der Waals surface area contributed by atoms with Crippen molar-refractivity contribution in [1.82, 2.24) is 9.97 Å². The molecule has 1 atom stereocenters. The van der Waals surface area contributed by atoms with Crippen LogP contribution in [0.5, 0.6) is 5.75 Å². The number of rotatable bonds is 11. The molecule has 0 amide bonds. The Morgan fingerprint density at radius 2 is 1.77 bits per heavy atom. The van der Waals surface area contributed by atoms with E-state index in [-0.39, 0.29) is 5.97 Å². The number of esters is 1. The lowest BCUT2D eigenvalue weighted by Gasteiger charge is -2.24. The van der Waals surface area contributed by atoms with Crippen molar-refractivity contribution in [3.63, 3.8) is 0 Å². The number of nitrogens with zero attached hydrogens (tertiary/aromatic N) is 2. The fourth-order valence-electron chi connectivity index (χ4n) is 4.23. The first-order valence-corrected chi connectivity index (χ1v) is 11.9. The summed E-state index contributed by atoms with van der Waals surface area (Å²) in [6, 6.07) is 7.46. The maximum atomic E-state index is 11.4. The zero-order chi connectivity index (χ0) is 21.2. The van der Waals surface area contributed by atoms with Crippen molar-refractivity contribution in [2.24, 2.45) is 5.92 Å². The third-order valence-electron chi connectivity index (χ3n) is 6.10.